The average Bonchev–Trinajstić information content (AvgIpc) is 3.44. The minimum Gasteiger partial charge on any atom is -0.403 e. The van der Waals surface area contributed by atoms with Gasteiger partial charge in [-0.25, -0.2) is 4.39 Å². The van der Waals surface area contributed by atoms with Crippen LogP contribution in [0.1, 0.15) is 51.4 Å². The Balaban J connectivity index is 1.30. The number of hydrogen-bond donors (Lipinski definition) is 2. The first-order chi connectivity index (χ1) is 14.7. The van der Waals surface area contributed by atoms with Crippen molar-refractivity contribution in [2.75, 3.05) is 36.8 Å². The smallest absolute Gasteiger partial charge is 0.315 e. The van der Waals surface area contributed by atoms with Gasteiger partial charge < -0.3 is 20.0 Å². The topological polar surface area (TPSA) is 83.3 Å². The molecule has 2 fully saturated rings. The number of likely N-dealkylation sites (tertiary alicyclic amines) is 1. The van der Waals surface area contributed by atoms with E-state index >= 15 is 0 Å². The largest absolute Gasteiger partial charge is 0.403 e. The highest BCUT2D eigenvalue weighted by Gasteiger charge is 2.22. The van der Waals surface area contributed by atoms with Gasteiger partial charge >= 0.3 is 6.01 Å². The van der Waals surface area contributed by atoms with Crippen molar-refractivity contribution >= 4 is 17.6 Å². The second kappa shape index (κ2) is 10.0. The number of nitrogens with one attached hydrogen (secondary N) is 2. The lowest BCUT2D eigenvalue weighted by atomic mass is 9.88. The lowest BCUT2D eigenvalue weighted by Crippen LogP contribution is -2.24. The monoisotopic (exact) mass is 415 g/mol. The second-order valence-electron chi connectivity index (χ2n) is 8.26. The summed E-state index contributed by atoms with van der Waals surface area (Å²) in [7, 11) is 0. The molecule has 0 atom stereocenters. The highest BCUT2D eigenvalue weighted by molar-refractivity contribution is 5.92. The van der Waals surface area contributed by atoms with Gasteiger partial charge in [-0.3, -0.25) is 4.79 Å². The van der Waals surface area contributed by atoms with Crippen molar-refractivity contribution in [3.05, 3.63) is 24.0 Å². The van der Waals surface area contributed by atoms with E-state index in [-0.39, 0.29) is 23.3 Å². The number of nitrogens with zero attached hydrogens (tertiary/aromatic N) is 3. The van der Waals surface area contributed by atoms with Crippen molar-refractivity contribution in [3.63, 3.8) is 0 Å². The Morgan fingerprint density at radius 1 is 1.13 bits per heavy atom. The third kappa shape index (κ3) is 5.36. The fourth-order valence-electron chi connectivity index (χ4n) is 4.28. The van der Waals surface area contributed by atoms with E-state index in [1.165, 1.54) is 38.4 Å². The molecule has 4 rings (SSSR count). The molecule has 8 heteroatoms. The van der Waals surface area contributed by atoms with Crippen molar-refractivity contribution in [2.24, 2.45) is 5.92 Å². The fourth-order valence-corrected chi connectivity index (χ4v) is 4.28. The van der Waals surface area contributed by atoms with E-state index in [9.17, 15) is 9.18 Å². The summed E-state index contributed by atoms with van der Waals surface area (Å²) < 4.78 is 20.2. The lowest BCUT2D eigenvalue weighted by molar-refractivity contribution is -0.120. The highest BCUT2D eigenvalue weighted by atomic mass is 19.1. The van der Waals surface area contributed by atoms with Crippen LogP contribution in [0.2, 0.25) is 0 Å². The third-order valence-electron chi connectivity index (χ3n) is 5.99. The SMILES string of the molecule is O=C(Nc1ccc(-c2nnc(NCCCN3CCCC3)o2)c(F)c1)C1CCCCC1. The van der Waals surface area contributed by atoms with Crippen LogP contribution in [0.25, 0.3) is 11.5 Å². The second-order valence-corrected chi connectivity index (χ2v) is 8.26. The molecular weight excluding hydrogens is 385 g/mol. The van der Waals surface area contributed by atoms with Gasteiger partial charge in [0.05, 0.1) is 5.56 Å². The summed E-state index contributed by atoms with van der Waals surface area (Å²) in [5, 5.41) is 13.8. The van der Waals surface area contributed by atoms with Crippen molar-refractivity contribution < 1.29 is 13.6 Å². The van der Waals surface area contributed by atoms with E-state index < -0.39 is 5.82 Å². The van der Waals surface area contributed by atoms with E-state index in [4.69, 9.17) is 4.42 Å². The van der Waals surface area contributed by atoms with Crippen LogP contribution in [-0.4, -0.2) is 47.2 Å². The van der Waals surface area contributed by atoms with Gasteiger partial charge in [-0.2, -0.15) is 0 Å². The van der Waals surface area contributed by atoms with Crippen LogP contribution in [0, 0.1) is 11.7 Å². The number of halogens is 1. The van der Waals surface area contributed by atoms with Crippen molar-refractivity contribution in [1.82, 2.24) is 15.1 Å². The molecule has 2 aliphatic rings. The molecule has 1 aromatic carbocycles. The van der Waals surface area contributed by atoms with Gasteiger partial charge in [0.25, 0.3) is 5.89 Å². The van der Waals surface area contributed by atoms with Gasteiger partial charge in [0, 0.05) is 18.2 Å². The minimum atomic E-state index is -0.499. The number of hydrogen-bond acceptors (Lipinski definition) is 6. The summed E-state index contributed by atoms with van der Waals surface area (Å²) in [5.74, 6) is -0.378. The van der Waals surface area contributed by atoms with Crippen LogP contribution in [0.5, 0.6) is 0 Å². The Labute approximate surface area is 176 Å². The molecule has 7 nitrogen and oxygen atoms in total. The van der Waals surface area contributed by atoms with E-state index in [2.05, 4.69) is 25.7 Å². The average molecular weight is 416 g/mol. The summed E-state index contributed by atoms with van der Waals surface area (Å²) in [6.45, 7) is 4.14. The molecule has 1 saturated carbocycles. The Kier molecular flexibility index (Phi) is 6.94. The first-order valence-electron chi connectivity index (χ1n) is 11.1. The van der Waals surface area contributed by atoms with E-state index in [0.29, 0.717) is 11.7 Å². The summed E-state index contributed by atoms with van der Waals surface area (Å²) in [6.07, 6.45) is 8.72. The molecule has 0 spiro atoms. The van der Waals surface area contributed by atoms with Crippen LogP contribution in [0.3, 0.4) is 0 Å². The molecule has 0 unspecified atom stereocenters. The number of aromatic nitrogens is 2. The minimum absolute atomic E-state index is 0.0246. The van der Waals surface area contributed by atoms with Crippen LogP contribution >= 0.6 is 0 Å². The summed E-state index contributed by atoms with van der Waals surface area (Å²) >= 11 is 0. The fraction of sp³-hybridized carbons (Fsp3) is 0.591. The van der Waals surface area contributed by atoms with Crippen LogP contribution in [0.15, 0.2) is 22.6 Å². The predicted octanol–water partition coefficient (Wildman–Crippen LogP) is 4.29. The zero-order chi connectivity index (χ0) is 20.8. The molecule has 1 aromatic heterocycles. The lowest BCUT2D eigenvalue weighted by Gasteiger charge is -2.20. The maximum atomic E-state index is 14.6. The van der Waals surface area contributed by atoms with Gasteiger partial charge in [0.1, 0.15) is 5.82 Å². The first kappa shape index (κ1) is 20.8. The normalized spacial score (nSPS) is 17.9. The van der Waals surface area contributed by atoms with Gasteiger partial charge in [0.2, 0.25) is 5.91 Å². The number of benzene rings is 1. The molecule has 2 aromatic rings. The zero-order valence-electron chi connectivity index (χ0n) is 17.3. The molecule has 30 heavy (non-hydrogen) atoms. The van der Waals surface area contributed by atoms with Gasteiger partial charge in [0.15, 0.2) is 0 Å². The molecule has 2 heterocycles. The molecule has 2 N–H and O–H groups in total. The van der Waals surface area contributed by atoms with Gasteiger partial charge in [-0.15, -0.1) is 5.10 Å². The molecule has 0 bridgehead atoms. The molecule has 1 saturated heterocycles. The van der Waals surface area contributed by atoms with Crippen LogP contribution in [0.4, 0.5) is 16.1 Å². The number of amides is 1. The Morgan fingerprint density at radius 2 is 1.93 bits per heavy atom. The number of rotatable bonds is 8. The highest BCUT2D eigenvalue weighted by Crippen LogP contribution is 2.28. The number of anilines is 2. The van der Waals surface area contributed by atoms with Crippen molar-refractivity contribution in [3.8, 4) is 11.5 Å². The van der Waals surface area contributed by atoms with E-state index in [1.807, 2.05) is 0 Å². The summed E-state index contributed by atoms with van der Waals surface area (Å²) in [5.41, 5.74) is 0.676. The van der Waals surface area contributed by atoms with E-state index in [0.717, 1.165) is 45.2 Å². The third-order valence-corrected chi connectivity index (χ3v) is 5.99. The quantitative estimate of drug-likeness (QED) is 0.626. The zero-order valence-corrected chi connectivity index (χ0v) is 17.3. The summed E-state index contributed by atoms with van der Waals surface area (Å²) in [4.78, 5) is 14.8. The molecular formula is C22H30FN5O2. The first-order valence-corrected chi connectivity index (χ1v) is 11.1. The van der Waals surface area contributed by atoms with Crippen molar-refractivity contribution in [2.45, 2.75) is 51.4 Å². The molecule has 1 amide bonds. The number of carbonyl (C=O) groups excluding carboxylic acids is 1. The van der Waals surface area contributed by atoms with Crippen LogP contribution < -0.4 is 10.6 Å². The van der Waals surface area contributed by atoms with Crippen LogP contribution in [-0.2, 0) is 4.79 Å². The van der Waals surface area contributed by atoms with E-state index in [1.54, 1.807) is 12.1 Å². The van der Waals surface area contributed by atoms with Crippen molar-refractivity contribution in [1.29, 1.82) is 0 Å². The molecule has 1 aliphatic carbocycles. The Morgan fingerprint density at radius 3 is 2.70 bits per heavy atom. The van der Waals surface area contributed by atoms with Gasteiger partial charge in [-0.1, -0.05) is 24.4 Å². The predicted molar refractivity (Wildman–Crippen MR) is 114 cm³/mol. The number of carbonyl (C=O) groups is 1. The molecule has 1 aliphatic heterocycles. The summed E-state index contributed by atoms with van der Waals surface area (Å²) in [6, 6.07) is 4.84. The van der Waals surface area contributed by atoms with Gasteiger partial charge in [-0.05, 0) is 69.9 Å². The standard InChI is InChI=1S/C22H30FN5O2/c23-19-15-17(25-20(29)16-7-2-1-3-8-16)9-10-18(19)21-26-27-22(30-21)24-11-6-14-28-12-4-5-13-28/h9-10,15-16H,1-8,11-14H2,(H,24,27)(H,25,29). The molecule has 162 valence electrons. The Hall–Kier alpha value is -2.48. The maximum absolute atomic E-state index is 14.6. The maximum Gasteiger partial charge on any atom is 0.315 e. The molecule has 0 radical (unpaired) electrons. The Bertz CT molecular complexity index is 844.